The fourth-order valence-electron chi connectivity index (χ4n) is 2.84. The predicted molar refractivity (Wildman–Crippen MR) is 85.6 cm³/mol. The van der Waals surface area contributed by atoms with Crippen molar-refractivity contribution in [2.45, 2.75) is 43.9 Å². The molecule has 0 saturated carbocycles. The quantitative estimate of drug-likeness (QED) is 0.877. The standard InChI is InChI=1S/C16H26N2O2S/c1-2-14-9-12-18(13-10-14)21(19,20)16-7-5-15(6-8-16)4-3-11-17/h5-8,14H,2-4,9-13,17H2,1H3. The number of nitrogens with zero attached hydrogens (tertiary/aromatic N) is 1. The molecule has 0 aliphatic carbocycles. The third kappa shape index (κ3) is 4.05. The topological polar surface area (TPSA) is 63.4 Å². The average Bonchev–Trinajstić information content (AvgIpc) is 2.53. The van der Waals surface area contributed by atoms with Crippen LogP contribution in [0, 0.1) is 5.92 Å². The zero-order chi connectivity index (χ0) is 15.3. The summed E-state index contributed by atoms with van der Waals surface area (Å²) in [4.78, 5) is 0.411. The fraction of sp³-hybridized carbons (Fsp3) is 0.625. The van der Waals surface area contributed by atoms with E-state index in [9.17, 15) is 8.42 Å². The van der Waals surface area contributed by atoms with Gasteiger partial charge in [0, 0.05) is 13.1 Å². The summed E-state index contributed by atoms with van der Waals surface area (Å²) in [7, 11) is -3.32. The van der Waals surface area contributed by atoms with Crippen molar-refractivity contribution in [3.05, 3.63) is 29.8 Å². The molecule has 1 aliphatic rings. The maximum atomic E-state index is 12.6. The number of sulfonamides is 1. The number of benzene rings is 1. The number of piperidine rings is 1. The van der Waals surface area contributed by atoms with Gasteiger partial charge in [-0.15, -0.1) is 0 Å². The van der Waals surface area contributed by atoms with Crippen molar-refractivity contribution in [2.75, 3.05) is 19.6 Å². The summed E-state index contributed by atoms with van der Waals surface area (Å²) < 4.78 is 26.9. The van der Waals surface area contributed by atoms with Gasteiger partial charge >= 0.3 is 0 Å². The van der Waals surface area contributed by atoms with Crippen LogP contribution in [0.4, 0.5) is 0 Å². The number of hydrogen-bond acceptors (Lipinski definition) is 3. The van der Waals surface area contributed by atoms with Crippen molar-refractivity contribution in [1.82, 2.24) is 4.31 Å². The highest BCUT2D eigenvalue weighted by Gasteiger charge is 2.28. The van der Waals surface area contributed by atoms with Gasteiger partial charge in [-0.05, 0) is 55.8 Å². The van der Waals surface area contributed by atoms with E-state index in [-0.39, 0.29) is 0 Å². The van der Waals surface area contributed by atoms with Crippen molar-refractivity contribution in [2.24, 2.45) is 11.7 Å². The van der Waals surface area contributed by atoms with Crippen LogP contribution in [0.15, 0.2) is 29.2 Å². The third-order valence-corrected chi connectivity index (χ3v) is 6.29. The molecule has 4 nitrogen and oxygen atoms in total. The summed E-state index contributed by atoms with van der Waals surface area (Å²) >= 11 is 0. The lowest BCUT2D eigenvalue weighted by Gasteiger charge is -2.30. The highest BCUT2D eigenvalue weighted by molar-refractivity contribution is 7.89. The zero-order valence-electron chi connectivity index (χ0n) is 12.8. The van der Waals surface area contributed by atoms with Gasteiger partial charge in [0.25, 0.3) is 0 Å². The monoisotopic (exact) mass is 310 g/mol. The molecule has 1 heterocycles. The average molecular weight is 310 g/mol. The molecule has 0 radical (unpaired) electrons. The Morgan fingerprint density at radius 2 is 1.81 bits per heavy atom. The largest absolute Gasteiger partial charge is 0.330 e. The Labute approximate surface area is 128 Å². The van der Waals surface area contributed by atoms with E-state index in [2.05, 4.69) is 6.92 Å². The van der Waals surface area contributed by atoms with Crippen LogP contribution in [-0.2, 0) is 16.4 Å². The maximum absolute atomic E-state index is 12.6. The van der Waals surface area contributed by atoms with Crippen LogP contribution in [0.2, 0.25) is 0 Å². The van der Waals surface area contributed by atoms with E-state index >= 15 is 0 Å². The van der Waals surface area contributed by atoms with E-state index in [0.717, 1.165) is 37.7 Å². The molecule has 1 saturated heterocycles. The van der Waals surface area contributed by atoms with Crippen molar-refractivity contribution in [3.63, 3.8) is 0 Å². The first-order valence-electron chi connectivity index (χ1n) is 7.87. The molecule has 0 aromatic heterocycles. The molecule has 21 heavy (non-hydrogen) atoms. The Bertz CT molecular complexity index is 532. The molecule has 1 fully saturated rings. The van der Waals surface area contributed by atoms with Gasteiger partial charge in [-0.2, -0.15) is 4.31 Å². The minimum Gasteiger partial charge on any atom is -0.330 e. The van der Waals surface area contributed by atoms with Gasteiger partial charge in [0.05, 0.1) is 4.90 Å². The minimum absolute atomic E-state index is 0.411. The molecule has 0 atom stereocenters. The molecule has 2 rings (SSSR count). The molecule has 118 valence electrons. The molecule has 1 aliphatic heterocycles. The molecule has 0 bridgehead atoms. The van der Waals surface area contributed by atoms with Crippen LogP contribution >= 0.6 is 0 Å². The first-order chi connectivity index (χ1) is 10.1. The summed E-state index contributed by atoms with van der Waals surface area (Å²) in [5, 5.41) is 0. The molecule has 0 unspecified atom stereocenters. The highest BCUT2D eigenvalue weighted by Crippen LogP contribution is 2.25. The Balaban J connectivity index is 2.05. The van der Waals surface area contributed by atoms with E-state index in [1.807, 2.05) is 12.1 Å². The summed E-state index contributed by atoms with van der Waals surface area (Å²) in [6.07, 6.45) is 4.92. The normalized spacial score (nSPS) is 18.0. The maximum Gasteiger partial charge on any atom is 0.243 e. The summed E-state index contributed by atoms with van der Waals surface area (Å²) in [6.45, 7) is 4.13. The van der Waals surface area contributed by atoms with Crippen LogP contribution in [0.1, 0.15) is 38.2 Å². The van der Waals surface area contributed by atoms with Crippen molar-refractivity contribution >= 4 is 10.0 Å². The molecule has 1 aromatic rings. The lowest BCUT2D eigenvalue weighted by molar-refractivity contribution is 0.269. The molecular weight excluding hydrogens is 284 g/mol. The lowest BCUT2D eigenvalue weighted by atomic mass is 9.96. The minimum atomic E-state index is -3.32. The number of rotatable bonds is 6. The summed E-state index contributed by atoms with van der Waals surface area (Å²) in [5.41, 5.74) is 6.64. The van der Waals surface area contributed by atoms with Gasteiger partial charge in [0.15, 0.2) is 0 Å². The predicted octanol–water partition coefficient (Wildman–Crippen LogP) is 2.39. The van der Waals surface area contributed by atoms with E-state index in [1.165, 1.54) is 0 Å². The summed E-state index contributed by atoms with van der Waals surface area (Å²) in [6, 6.07) is 7.27. The number of hydrogen-bond donors (Lipinski definition) is 1. The van der Waals surface area contributed by atoms with Gasteiger partial charge in [-0.25, -0.2) is 8.42 Å². The number of aryl methyl sites for hydroxylation is 1. The van der Waals surface area contributed by atoms with E-state index in [0.29, 0.717) is 30.4 Å². The second-order valence-corrected chi connectivity index (χ2v) is 7.73. The molecule has 2 N–H and O–H groups in total. The van der Waals surface area contributed by atoms with Crippen LogP contribution in [0.3, 0.4) is 0 Å². The molecule has 5 heteroatoms. The van der Waals surface area contributed by atoms with Crippen LogP contribution < -0.4 is 5.73 Å². The Hall–Kier alpha value is -0.910. The SMILES string of the molecule is CCC1CCN(S(=O)(=O)c2ccc(CCCN)cc2)CC1. The molecule has 0 spiro atoms. The van der Waals surface area contributed by atoms with Crippen LogP contribution in [-0.4, -0.2) is 32.4 Å². The molecule has 1 aromatic carbocycles. The Morgan fingerprint density at radius 3 is 2.33 bits per heavy atom. The van der Waals surface area contributed by atoms with Crippen molar-refractivity contribution < 1.29 is 8.42 Å². The Kier molecular flexibility index (Phi) is 5.79. The van der Waals surface area contributed by atoms with Crippen molar-refractivity contribution in [1.29, 1.82) is 0 Å². The molecule has 0 amide bonds. The van der Waals surface area contributed by atoms with Crippen LogP contribution in [0.25, 0.3) is 0 Å². The summed E-state index contributed by atoms with van der Waals surface area (Å²) in [5.74, 6) is 0.676. The van der Waals surface area contributed by atoms with E-state index < -0.39 is 10.0 Å². The van der Waals surface area contributed by atoms with E-state index in [1.54, 1.807) is 16.4 Å². The highest BCUT2D eigenvalue weighted by atomic mass is 32.2. The van der Waals surface area contributed by atoms with Gasteiger partial charge < -0.3 is 5.73 Å². The smallest absolute Gasteiger partial charge is 0.243 e. The zero-order valence-corrected chi connectivity index (χ0v) is 13.6. The first kappa shape index (κ1) is 16.5. The second-order valence-electron chi connectivity index (χ2n) is 5.79. The lowest BCUT2D eigenvalue weighted by Crippen LogP contribution is -2.38. The third-order valence-electron chi connectivity index (χ3n) is 4.38. The Morgan fingerprint density at radius 1 is 1.19 bits per heavy atom. The number of nitrogens with two attached hydrogens (primary N) is 1. The second kappa shape index (κ2) is 7.38. The van der Waals surface area contributed by atoms with Gasteiger partial charge in [0.1, 0.15) is 0 Å². The molecular formula is C16H26N2O2S. The van der Waals surface area contributed by atoms with Gasteiger partial charge in [-0.1, -0.05) is 25.5 Å². The van der Waals surface area contributed by atoms with Gasteiger partial charge in [-0.3, -0.25) is 0 Å². The first-order valence-corrected chi connectivity index (χ1v) is 9.31. The van der Waals surface area contributed by atoms with Crippen LogP contribution in [0.5, 0.6) is 0 Å². The van der Waals surface area contributed by atoms with Crippen molar-refractivity contribution in [3.8, 4) is 0 Å². The van der Waals surface area contributed by atoms with Gasteiger partial charge in [0.2, 0.25) is 10.0 Å². The van der Waals surface area contributed by atoms with E-state index in [4.69, 9.17) is 5.73 Å². The fourth-order valence-corrected chi connectivity index (χ4v) is 4.31.